The number of rotatable bonds is 4. The molecule has 0 unspecified atom stereocenters. The first-order chi connectivity index (χ1) is 10.5. The van der Waals surface area contributed by atoms with Gasteiger partial charge in [0.05, 0.1) is 21.3 Å². The van der Waals surface area contributed by atoms with Crippen LogP contribution in [0.3, 0.4) is 0 Å². The van der Waals surface area contributed by atoms with Gasteiger partial charge in [0.15, 0.2) is 6.10 Å². The van der Waals surface area contributed by atoms with Crippen LogP contribution in [0, 0.1) is 0 Å². The third-order valence-electron chi connectivity index (χ3n) is 2.79. The van der Waals surface area contributed by atoms with Crippen molar-refractivity contribution in [3.63, 3.8) is 0 Å². The van der Waals surface area contributed by atoms with Crippen LogP contribution in [0.25, 0.3) is 10.2 Å². The Morgan fingerprint density at radius 3 is 2.86 bits per heavy atom. The van der Waals surface area contributed by atoms with Crippen molar-refractivity contribution in [3.8, 4) is 0 Å². The normalized spacial score (nSPS) is 11.7. The van der Waals surface area contributed by atoms with E-state index in [4.69, 9.17) is 4.74 Å². The first-order valence-corrected chi connectivity index (χ1v) is 7.52. The lowest BCUT2D eigenvalue weighted by Crippen LogP contribution is -2.44. The van der Waals surface area contributed by atoms with Crippen molar-refractivity contribution in [2.75, 3.05) is 6.54 Å². The van der Waals surface area contributed by atoms with E-state index in [1.165, 1.54) is 18.3 Å². The molecule has 1 heterocycles. The van der Waals surface area contributed by atoms with Crippen LogP contribution in [-0.4, -0.2) is 35.5 Å². The van der Waals surface area contributed by atoms with Crippen LogP contribution in [0.15, 0.2) is 23.7 Å². The smallest absolute Gasteiger partial charge is 0.338 e. The number of hydrogen-bond donors (Lipinski definition) is 2. The Hall–Kier alpha value is -2.48. The molecule has 2 aromatic rings. The van der Waals surface area contributed by atoms with Crippen LogP contribution < -0.4 is 10.6 Å². The molecule has 3 amide bonds. The average molecular weight is 321 g/mol. The highest BCUT2D eigenvalue weighted by atomic mass is 32.1. The lowest BCUT2D eigenvalue weighted by Gasteiger charge is -2.13. The van der Waals surface area contributed by atoms with Crippen LogP contribution in [0.5, 0.6) is 0 Å². The Morgan fingerprint density at radius 1 is 1.36 bits per heavy atom. The van der Waals surface area contributed by atoms with Crippen LogP contribution in [-0.2, 0) is 9.53 Å². The number of nitrogens with zero attached hydrogens (tertiary/aromatic N) is 1. The van der Waals surface area contributed by atoms with Crippen molar-refractivity contribution in [3.05, 3.63) is 29.3 Å². The first-order valence-electron chi connectivity index (χ1n) is 6.64. The van der Waals surface area contributed by atoms with Gasteiger partial charge in [-0.25, -0.2) is 14.6 Å². The molecule has 1 atom stereocenters. The highest BCUT2D eigenvalue weighted by Crippen LogP contribution is 2.19. The molecule has 2 rings (SSSR count). The Labute approximate surface area is 130 Å². The van der Waals surface area contributed by atoms with Gasteiger partial charge >= 0.3 is 12.0 Å². The van der Waals surface area contributed by atoms with E-state index in [2.05, 4.69) is 15.6 Å². The molecule has 0 spiro atoms. The number of esters is 1. The molecular formula is C14H15N3O4S. The molecule has 0 aliphatic carbocycles. The number of fused-ring (bicyclic) bond motifs is 1. The molecule has 0 radical (unpaired) electrons. The van der Waals surface area contributed by atoms with Gasteiger partial charge in [-0.1, -0.05) is 0 Å². The third kappa shape index (κ3) is 3.79. The summed E-state index contributed by atoms with van der Waals surface area (Å²) in [6.45, 7) is 3.52. The molecule has 2 N–H and O–H groups in total. The zero-order chi connectivity index (χ0) is 16.1. The molecule has 8 heteroatoms. The van der Waals surface area contributed by atoms with E-state index in [0.717, 1.165) is 10.2 Å². The van der Waals surface area contributed by atoms with Crippen molar-refractivity contribution >= 4 is 39.5 Å². The standard InChI is InChI=1S/C14H15N3O4S/c1-3-15-14(20)17-12(18)8(2)21-13(19)9-4-5-10-11(6-9)22-7-16-10/h4-8H,3H2,1-2H3,(H2,15,17,18,20)/t8-/m0/s1. The second kappa shape index (κ2) is 6.99. The van der Waals surface area contributed by atoms with Gasteiger partial charge in [-0.05, 0) is 32.0 Å². The van der Waals surface area contributed by atoms with Crippen molar-refractivity contribution in [1.29, 1.82) is 0 Å². The quantitative estimate of drug-likeness (QED) is 0.835. The molecule has 0 fully saturated rings. The molecule has 0 saturated carbocycles. The Morgan fingerprint density at radius 2 is 2.14 bits per heavy atom. The number of aromatic nitrogens is 1. The van der Waals surface area contributed by atoms with Gasteiger partial charge < -0.3 is 10.1 Å². The van der Waals surface area contributed by atoms with E-state index in [9.17, 15) is 14.4 Å². The number of imide groups is 1. The summed E-state index contributed by atoms with van der Waals surface area (Å²) in [6.07, 6.45) is -1.08. The summed E-state index contributed by atoms with van der Waals surface area (Å²) < 4.78 is 5.91. The van der Waals surface area contributed by atoms with Gasteiger partial charge in [0.25, 0.3) is 5.91 Å². The third-order valence-corrected chi connectivity index (χ3v) is 3.59. The molecule has 1 aromatic heterocycles. The van der Waals surface area contributed by atoms with E-state index >= 15 is 0 Å². The van der Waals surface area contributed by atoms with Crippen LogP contribution >= 0.6 is 11.3 Å². The molecular weight excluding hydrogens is 306 g/mol. The maximum absolute atomic E-state index is 12.0. The van der Waals surface area contributed by atoms with Crippen molar-refractivity contribution < 1.29 is 19.1 Å². The second-order valence-corrected chi connectivity index (χ2v) is 5.32. The molecule has 22 heavy (non-hydrogen) atoms. The van der Waals surface area contributed by atoms with E-state index in [1.807, 2.05) is 0 Å². The number of ether oxygens (including phenoxy) is 1. The van der Waals surface area contributed by atoms with Gasteiger partial charge in [-0.2, -0.15) is 0 Å². The predicted molar refractivity (Wildman–Crippen MR) is 81.7 cm³/mol. The lowest BCUT2D eigenvalue weighted by molar-refractivity contribution is -0.127. The van der Waals surface area contributed by atoms with Crippen molar-refractivity contribution in [2.45, 2.75) is 20.0 Å². The molecule has 0 aliphatic heterocycles. The molecule has 0 aliphatic rings. The summed E-state index contributed by atoms with van der Waals surface area (Å²) in [6, 6.07) is 4.33. The largest absolute Gasteiger partial charge is 0.449 e. The van der Waals surface area contributed by atoms with E-state index in [1.54, 1.807) is 30.6 Å². The first kappa shape index (κ1) is 15.9. The monoisotopic (exact) mass is 321 g/mol. The summed E-state index contributed by atoms with van der Waals surface area (Å²) >= 11 is 1.41. The minimum absolute atomic E-state index is 0.328. The number of benzene rings is 1. The average Bonchev–Trinajstić information content (AvgIpc) is 2.94. The number of nitrogens with one attached hydrogen (secondary N) is 2. The van der Waals surface area contributed by atoms with Gasteiger partial charge in [0.2, 0.25) is 0 Å². The number of carbonyl (C=O) groups is 3. The van der Waals surface area contributed by atoms with Crippen molar-refractivity contribution in [2.24, 2.45) is 0 Å². The summed E-state index contributed by atoms with van der Waals surface area (Å²) in [7, 11) is 0. The van der Waals surface area contributed by atoms with Crippen LogP contribution in [0.2, 0.25) is 0 Å². The molecule has 0 bridgehead atoms. The number of hydrogen-bond acceptors (Lipinski definition) is 6. The Bertz CT molecular complexity index is 713. The fraction of sp³-hybridized carbons (Fsp3) is 0.286. The Kier molecular flexibility index (Phi) is 5.05. The highest BCUT2D eigenvalue weighted by Gasteiger charge is 2.20. The Balaban J connectivity index is 1.98. The second-order valence-electron chi connectivity index (χ2n) is 4.43. The summed E-state index contributed by atoms with van der Waals surface area (Å²) in [5.74, 6) is -1.31. The zero-order valence-electron chi connectivity index (χ0n) is 12.1. The molecule has 116 valence electrons. The fourth-order valence-corrected chi connectivity index (χ4v) is 2.40. The van der Waals surface area contributed by atoms with E-state index < -0.39 is 24.0 Å². The van der Waals surface area contributed by atoms with Crippen LogP contribution in [0.4, 0.5) is 4.79 Å². The molecule has 0 saturated heterocycles. The molecule has 7 nitrogen and oxygen atoms in total. The predicted octanol–water partition coefficient (Wildman–Crippen LogP) is 1.69. The number of carbonyl (C=O) groups excluding carboxylic acids is 3. The maximum atomic E-state index is 12.0. The van der Waals surface area contributed by atoms with E-state index in [-0.39, 0.29) is 0 Å². The van der Waals surface area contributed by atoms with Crippen LogP contribution in [0.1, 0.15) is 24.2 Å². The van der Waals surface area contributed by atoms with Gasteiger partial charge in [-0.15, -0.1) is 11.3 Å². The summed E-state index contributed by atoms with van der Waals surface area (Å²) in [4.78, 5) is 39.1. The maximum Gasteiger partial charge on any atom is 0.338 e. The lowest BCUT2D eigenvalue weighted by atomic mass is 10.2. The van der Waals surface area contributed by atoms with Gasteiger partial charge in [-0.3, -0.25) is 10.1 Å². The topological polar surface area (TPSA) is 97.4 Å². The number of thiazole rings is 1. The summed E-state index contributed by atoms with van der Waals surface area (Å²) in [5, 5.41) is 4.51. The van der Waals surface area contributed by atoms with Gasteiger partial charge in [0.1, 0.15) is 0 Å². The number of urea groups is 1. The highest BCUT2D eigenvalue weighted by molar-refractivity contribution is 7.16. The minimum Gasteiger partial charge on any atom is -0.449 e. The van der Waals surface area contributed by atoms with Gasteiger partial charge in [0, 0.05) is 6.54 Å². The van der Waals surface area contributed by atoms with E-state index in [0.29, 0.717) is 12.1 Å². The molecule has 1 aromatic carbocycles. The SMILES string of the molecule is CCNC(=O)NC(=O)[C@H](C)OC(=O)c1ccc2ncsc2c1. The summed E-state index contributed by atoms with van der Waals surface area (Å²) in [5.41, 5.74) is 2.81. The number of amides is 3. The minimum atomic E-state index is -1.08. The fourth-order valence-electron chi connectivity index (χ4n) is 1.68. The van der Waals surface area contributed by atoms with Crippen molar-refractivity contribution in [1.82, 2.24) is 15.6 Å². The zero-order valence-corrected chi connectivity index (χ0v) is 12.9.